The van der Waals surface area contributed by atoms with Crippen molar-refractivity contribution < 1.29 is 5.11 Å². The van der Waals surface area contributed by atoms with Crippen molar-refractivity contribution in [2.45, 2.75) is 71.1 Å². The van der Waals surface area contributed by atoms with Gasteiger partial charge in [0.15, 0.2) is 0 Å². The minimum atomic E-state index is -0.483. The molecule has 0 aliphatic carbocycles. The summed E-state index contributed by atoms with van der Waals surface area (Å²) in [6.45, 7) is 9.32. The molecular formula is C16H29N3O. The molecule has 4 heteroatoms. The standard InChI is InChI=1S/C16H29N3O/c1-4-15(5-2)19-11-7-14(17-19)13-18-10-6-8-16(3,20)9-12-18/h7,11,15,20H,4-6,8-10,12-13H2,1-3H3. The molecule has 0 bridgehead atoms. The molecule has 0 aromatic carbocycles. The zero-order valence-electron chi connectivity index (χ0n) is 13.2. The fourth-order valence-electron chi connectivity index (χ4n) is 3.03. The number of rotatable bonds is 5. The van der Waals surface area contributed by atoms with Gasteiger partial charge in [-0.15, -0.1) is 0 Å². The Morgan fingerprint density at radius 1 is 1.30 bits per heavy atom. The normalized spacial score (nSPS) is 25.1. The van der Waals surface area contributed by atoms with E-state index in [-0.39, 0.29) is 0 Å². The molecule has 0 radical (unpaired) electrons. The van der Waals surface area contributed by atoms with Crippen molar-refractivity contribution >= 4 is 0 Å². The molecule has 1 unspecified atom stereocenters. The Balaban J connectivity index is 1.93. The summed E-state index contributed by atoms with van der Waals surface area (Å²) in [6.07, 6.45) is 7.21. The van der Waals surface area contributed by atoms with E-state index < -0.39 is 5.60 Å². The molecule has 0 amide bonds. The van der Waals surface area contributed by atoms with Gasteiger partial charge < -0.3 is 5.11 Å². The molecule has 0 saturated carbocycles. The third-order valence-electron chi connectivity index (χ3n) is 4.52. The number of likely N-dealkylation sites (tertiary alicyclic amines) is 1. The first kappa shape index (κ1) is 15.5. The van der Waals surface area contributed by atoms with Crippen LogP contribution in [0.1, 0.15) is 64.6 Å². The Kier molecular flexibility index (Phi) is 5.22. The summed E-state index contributed by atoms with van der Waals surface area (Å²) < 4.78 is 2.11. The molecular weight excluding hydrogens is 250 g/mol. The first-order valence-electron chi connectivity index (χ1n) is 8.03. The van der Waals surface area contributed by atoms with Crippen molar-refractivity contribution in [3.63, 3.8) is 0 Å². The van der Waals surface area contributed by atoms with Crippen LogP contribution in [0.25, 0.3) is 0 Å². The zero-order valence-corrected chi connectivity index (χ0v) is 13.2. The van der Waals surface area contributed by atoms with E-state index in [1.807, 2.05) is 6.92 Å². The average molecular weight is 279 g/mol. The van der Waals surface area contributed by atoms with Crippen LogP contribution in [0.4, 0.5) is 0 Å². The predicted molar refractivity (Wildman–Crippen MR) is 81.6 cm³/mol. The molecule has 1 aliphatic heterocycles. The van der Waals surface area contributed by atoms with Gasteiger partial charge in [0.2, 0.25) is 0 Å². The van der Waals surface area contributed by atoms with Gasteiger partial charge in [0.1, 0.15) is 0 Å². The van der Waals surface area contributed by atoms with Crippen molar-refractivity contribution in [1.82, 2.24) is 14.7 Å². The first-order chi connectivity index (χ1) is 9.54. The molecule has 2 rings (SSSR count). The van der Waals surface area contributed by atoms with Gasteiger partial charge >= 0.3 is 0 Å². The number of nitrogens with zero attached hydrogens (tertiary/aromatic N) is 3. The van der Waals surface area contributed by atoms with Crippen LogP contribution in [0, 0.1) is 0 Å². The summed E-state index contributed by atoms with van der Waals surface area (Å²) in [6, 6.07) is 2.66. The van der Waals surface area contributed by atoms with Crippen LogP contribution >= 0.6 is 0 Å². The Bertz CT molecular complexity index is 410. The minimum Gasteiger partial charge on any atom is -0.390 e. The highest BCUT2D eigenvalue weighted by Gasteiger charge is 2.25. The Morgan fingerprint density at radius 2 is 2.05 bits per heavy atom. The van der Waals surface area contributed by atoms with Crippen molar-refractivity contribution in [1.29, 1.82) is 0 Å². The largest absolute Gasteiger partial charge is 0.390 e. The Morgan fingerprint density at radius 3 is 2.75 bits per heavy atom. The molecule has 114 valence electrons. The fraction of sp³-hybridized carbons (Fsp3) is 0.812. The van der Waals surface area contributed by atoms with Crippen LogP contribution < -0.4 is 0 Å². The number of aliphatic hydroxyl groups is 1. The maximum Gasteiger partial charge on any atom is 0.0764 e. The van der Waals surface area contributed by atoms with Crippen LogP contribution in [0.3, 0.4) is 0 Å². The van der Waals surface area contributed by atoms with Gasteiger partial charge in [-0.3, -0.25) is 9.58 Å². The molecule has 1 fully saturated rings. The van der Waals surface area contributed by atoms with Crippen molar-refractivity contribution in [2.75, 3.05) is 13.1 Å². The van der Waals surface area contributed by atoms with Gasteiger partial charge in [-0.05, 0) is 51.6 Å². The van der Waals surface area contributed by atoms with Gasteiger partial charge in [0.25, 0.3) is 0 Å². The van der Waals surface area contributed by atoms with E-state index in [1.165, 1.54) is 0 Å². The zero-order chi connectivity index (χ0) is 14.6. The van der Waals surface area contributed by atoms with E-state index in [9.17, 15) is 5.11 Å². The molecule has 1 saturated heterocycles. The molecule has 4 nitrogen and oxygen atoms in total. The summed E-state index contributed by atoms with van der Waals surface area (Å²) >= 11 is 0. The van der Waals surface area contributed by atoms with E-state index in [4.69, 9.17) is 5.10 Å². The van der Waals surface area contributed by atoms with E-state index in [1.54, 1.807) is 0 Å². The average Bonchev–Trinajstić information content (AvgIpc) is 2.78. The predicted octanol–water partition coefficient (Wildman–Crippen LogP) is 2.98. The SMILES string of the molecule is CCC(CC)n1ccc(CN2CCCC(C)(O)CC2)n1. The second kappa shape index (κ2) is 6.72. The number of hydrogen-bond acceptors (Lipinski definition) is 3. The summed E-state index contributed by atoms with van der Waals surface area (Å²) in [4.78, 5) is 2.42. The lowest BCUT2D eigenvalue weighted by atomic mass is 9.98. The highest BCUT2D eigenvalue weighted by molar-refractivity contribution is 5.00. The number of hydrogen-bond donors (Lipinski definition) is 1. The van der Waals surface area contributed by atoms with Crippen LogP contribution in [0.2, 0.25) is 0 Å². The highest BCUT2D eigenvalue weighted by Crippen LogP contribution is 2.22. The van der Waals surface area contributed by atoms with Crippen molar-refractivity contribution in [3.05, 3.63) is 18.0 Å². The molecule has 2 heterocycles. The van der Waals surface area contributed by atoms with Gasteiger partial charge in [-0.2, -0.15) is 5.10 Å². The minimum absolute atomic E-state index is 0.483. The van der Waals surface area contributed by atoms with Gasteiger partial charge in [0.05, 0.1) is 17.3 Å². The maximum absolute atomic E-state index is 10.1. The first-order valence-corrected chi connectivity index (χ1v) is 8.03. The third-order valence-corrected chi connectivity index (χ3v) is 4.52. The monoisotopic (exact) mass is 279 g/mol. The van der Waals surface area contributed by atoms with Crippen molar-refractivity contribution in [3.8, 4) is 0 Å². The summed E-state index contributed by atoms with van der Waals surface area (Å²) in [5.74, 6) is 0. The molecule has 1 aliphatic rings. The van der Waals surface area contributed by atoms with Gasteiger partial charge in [0, 0.05) is 19.3 Å². The summed E-state index contributed by atoms with van der Waals surface area (Å²) in [5.41, 5.74) is 0.669. The van der Waals surface area contributed by atoms with Crippen molar-refractivity contribution in [2.24, 2.45) is 0 Å². The molecule has 1 aromatic heterocycles. The molecule has 0 spiro atoms. The van der Waals surface area contributed by atoms with Crippen LogP contribution in [0.5, 0.6) is 0 Å². The quantitative estimate of drug-likeness (QED) is 0.901. The van der Waals surface area contributed by atoms with E-state index >= 15 is 0 Å². The Hall–Kier alpha value is -0.870. The van der Waals surface area contributed by atoms with Gasteiger partial charge in [-0.25, -0.2) is 0 Å². The van der Waals surface area contributed by atoms with E-state index in [0.717, 1.165) is 57.4 Å². The molecule has 1 N–H and O–H groups in total. The van der Waals surface area contributed by atoms with E-state index in [2.05, 4.69) is 35.7 Å². The lowest BCUT2D eigenvalue weighted by molar-refractivity contribution is 0.0444. The highest BCUT2D eigenvalue weighted by atomic mass is 16.3. The van der Waals surface area contributed by atoms with Crippen LogP contribution in [-0.4, -0.2) is 38.5 Å². The van der Waals surface area contributed by atoms with Gasteiger partial charge in [-0.1, -0.05) is 13.8 Å². The van der Waals surface area contributed by atoms with Crippen LogP contribution in [0.15, 0.2) is 12.3 Å². The summed E-state index contributed by atoms with van der Waals surface area (Å²) in [7, 11) is 0. The maximum atomic E-state index is 10.1. The Labute approximate surface area is 122 Å². The van der Waals surface area contributed by atoms with Crippen LogP contribution in [-0.2, 0) is 6.54 Å². The molecule has 20 heavy (non-hydrogen) atoms. The second-order valence-electron chi connectivity index (χ2n) is 6.38. The lowest BCUT2D eigenvalue weighted by Gasteiger charge is -2.21. The lowest BCUT2D eigenvalue weighted by Crippen LogP contribution is -2.28. The second-order valence-corrected chi connectivity index (χ2v) is 6.38. The molecule has 1 aromatic rings. The third kappa shape index (κ3) is 4.06. The smallest absolute Gasteiger partial charge is 0.0764 e. The molecule has 1 atom stereocenters. The topological polar surface area (TPSA) is 41.3 Å². The van der Waals surface area contributed by atoms with E-state index in [0.29, 0.717) is 6.04 Å². The summed E-state index contributed by atoms with van der Waals surface area (Å²) in [5, 5.41) is 14.9. The number of aromatic nitrogens is 2. The fourth-order valence-corrected chi connectivity index (χ4v) is 3.03.